The molecule has 1 rings (SSSR count). The van der Waals surface area contributed by atoms with E-state index in [1.54, 1.807) is 11.8 Å². The summed E-state index contributed by atoms with van der Waals surface area (Å²) in [4.78, 5) is 11.5. The summed E-state index contributed by atoms with van der Waals surface area (Å²) in [5.41, 5.74) is 0. The van der Waals surface area contributed by atoms with Crippen LogP contribution >= 0.6 is 11.8 Å². The Morgan fingerprint density at radius 3 is 2.83 bits per heavy atom. The molecule has 1 saturated carbocycles. The average molecular weight is 186 g/mol. The number of rotatable bonds is 3. The molecule has 0 aromatic carbocycles. The zero-order chi connectivity index (χ0) is 8.97. The summed E-state index contributed by atoms with van der Waals surface area (Å²) in [6, 6.07) is 0. The Morgan fingerprint density at radius 2 is 2.25 bits per heavy atom. The van der Waals surface area contributed by atoms with E-state index in [1.807, 2.05) is 6.26 Å². The second kappa shape index (κ2) is 4.90. The summed E-state index contributed by atoms with van der Waals surface area (Å²) < 4.78 is 0. The maximum absolute atomic E-state index is 11.5. The highest BCUT2D eigenvalue weighted by Gasteiger charge is 2.23. The highest BCUT2D eigenvalue weighted by Crippen LogP contribution is 2.29. The molecule has 0 amide bonds. The van der Waals surface area contributed by atoms with Gasteiger partial charge in [0.25, 0.3) is 0 Å². The lowest BCUT2D eigenvalue weighted by molar-refractivity contribution is -0.121. The van der Waals surface area contributed by atoms with Crippen molar-refractivity contribution >= 4 is 17.5 Å². The summed E-state index contributed by atoms with van der Waals surface area (Å²) in [6.45, 7) is 2.26. The van der Waals surface area contributed by atoms with Crippen LogP contribution in [0, 0.1) is 11.8 Å². The summed E-state index contributed by atoms with van der Waals surface area (Å²) in [6.07, 6.45) is 6.86. The van der Waals surface area contributed by atoms with E-state index in [0.717, 1.165) is 24.5 Å². The van der Waals surface area contributed by atoms with Gasteiger partial charge in [0, 0.05) is 5.92 Å². The van der Waals surface area contributed by atoms with Crippen LogP contribution in [0.4, 0.5) is 0 Å². The van der Waals surface area contributed by atoms with E-state index in [-0.39, 0.29) is 0 Å². The van der Waals surface area contributed by atoms with Gasteiger partial charge in [0.15, 0.2) is 0 Å². The predicted molar refractivity (Wildman–Crippen MR) is 54.5 cm³/mol. The van der Waals surface area contributed by atoms with Crippen LogP contribution in [0.1, 0.15) is 32.6 Å². The first-order valence-electron chi connectivity index (χ1n) is 4.75. The van der Waals surface area contributed by atoms with E-state index in [9.17, 15) is 4.79 Å². The van der Waals surface area contributed by atoms with E-state index in [0.29, 0.717) is 11.7 Å². The third-order valence-corrected chi connectivity index (χ3v) is 3.25. The topological polar surface area (TPSA) is 17.1 Å². The van der Waals surface area contributed by atoms with Crippen molar-refractivity contribution in [1.29, 1.82) is 0 Å². The number of ketones is 1. The largest absolute Gasteiger partial charge is 0.298 e. The molecule has 1 aliphatic carbocycles. The molecule has 1 fully saturated rings. The minimum atomic E-state index is 0.390. The zero-order valence-electron chi connectivity index (χ0n) is 8.01. The molecule has 0 N–H and O–H groups in total. The second-order valence-electron chi connectivity index (χ2n) is 3.87. The summed E-state index contributed by atoms with van der Waals surface area (Å²) >= 11 is 1.66. The van der Waals surface area contributed by atoms with E-state index in [2.05, 4.69) is 6.92 Å². The van der Waals surface area contributed by atoms with E-state index >= 15 is 0 Å². The SMILES string of the molecule is CSCC(=O)C1CCCC(C)C1. The fourth-order valence-electron chi connectivity index (χ4n) is 1.99. The van der Waals surface area contributed by atoms with Crippen LogP contribution in [0.25, 0.3) is 0 Å². The number of thioether (sulfide) groups is 1. The van der Waals surface area contributed by atoms with Gasteiger partial charge in [-0.05, 0) is 25.0 Å². The van der Waals surface area contributed by atoms with Crippen molar-refractivity contribution < 1.29 is 4.79 Å². The lowest BCUT2D eigenvalue weighted by atomic mass is 9.81. The summed E-state index contributed by atoms with van der Waals surface area (Å²) in [5, 5.41) is 0. The molecule has 0 aromatic rings. The van der Waals surface area contributed by atoms with Crippen LogP contribution in [0.2, 0.25) is 0 Å². The molecule has 70 valence electrons. The van der Waals surface area contributed by atoms with Crippen LogP contribution in [0.3, 0.4) is 0 Å². The molecule has 2 unspecified atom stereocenters. The van der Waals surface area contributed by atoms with Gasteiger partial charge < -0.3 is 0 Å². The number of carbonyl (C=O) groups is 1. The molecule has 2 heteroatoms. The number of hydrogen-bond donors (Lipinski definition) is 0. The van der Waals surface area contributed by atoms with Gasteiger partial charge in [0.1, 0.15) is 5.78 Å². The molecular formula is C10H18OS. The fraction of sp³-hybridized carbons (Fsp3) is 0.900. The molecule has 2 atom stereocenters. The van der Waals surface area contributed by atoms with Gasteiger partial charge in [-0.15, -0.1) is 0 Å². The Morgan fingerprint density at radius 1 is 1.50 bits per heavy atom. The quantitative estimate of drug-likeness (QED) is 0.674. The van der Waals surface area contributed by atoms with E-state index in [1.165, 1.54) is 12.8 Å². The van der Waals surface area contributed by atoms with Crippen LogP contribution in [0.5, 0.6) is 0 Å². The summed E-state index contributed by atoms with van der Waals surface area (Å²) in [7, 11) is 0. The van der Waals surface area contributed by atoms with Crippen molar-refractivity contribution in [3.05, 3.63) is 0 Å². The van der Waals surface area contributed by atoms with Crippen LogP contribution < -0.4 is 0 Å². The van der Waals surface area contributed by atoms with E-state index in [4.69, 9.17) is 0 Å². The van der Waals surface area contributed by atoms with Gasteiger partial charge >= 0.3 is 0 Å². The monoisotopic (exact) mass is 186 g/mol. The number of Topliss-reactive ketones (excluding diaryl/α,β-unsaturated/α-hetero) is 1. The van der Waals surface area contributed by atoms with Crippen molar-refractivity contribution in [3.8, 4) is 0 Å². The Balaban J connectivity index is 2.35. The first kappa shape index (κ1) is 10.1. The lowest BCUT2D eigenvalue weighted by Crippen LogP contribution is -2.23. The highest BCUT2D eigenvalue weighted by molar-refractivity contribution is 7.99. The minimum Gasteiger partial charge on any atom is -0.298 e. The van der Waals surface area contributed by atoms with Crippen molar-refractivity contribution in [2.24, 2.45) is 11.8 Å². The second-order valence-corrected chi connectivity index (χ2v) is 4.73. The predicted octanol–water partition coefficient (Wildman–Crippen LogP) is 2.74. The lowest BCUT2D eigenvalue weighted by Gasteiger charge is -2.25. The average Bonchev–Trinajstić information content (AvgIpc) is 2.05. The van der Waals surface area contributed by atoms with E-state index < -0.39 is 0 Å². The molecule has 0 saturated heterocycles. The van der Waals surface area contributed by atoms with Crippen LogP contribution in [0.15, 0.2) is 0 Å². The molecule has 12 heavy (non-hydrogen) atoms. The van der Waals surface area contributed by atoms with Crippen molar-refractivity contribution in [2.75, 3.05) is 12.0 Å². The molecule has 0 radical (unpaired) electrons. The molecule has 0 bridgehead atoms. The van der Waals surface area contributed by atoms with Gasteiger partial charge in [-0.1, -0.05) is 19.8 Å². The fourth-order valence-corrected chi connectivity index (χ4v) is 2.51. The maximum atomic E-state index is 11.5. The highest BCUT2D eigenvalue weighted by atomic mass is 32.2. The van der Waals surface area contributed by atoms with Gasteiger partial charge in [-0.2, -0.15) is 11.8 Å². The molecular weight excluding hydrogens is 168 g/mol. The van der Waals surface area contributed by atoms with Crippen molar-refractivity contribution in [2.45, 2.75) is 32.6 Å². The first-order chi connectivity index (χ1) is 5.74. The minimum absolute atomic E-state index is 0.390. The standard InChI is InChI=1S/C10H18OS/c1-8-4-3-5-9(6-8)10(11)7-12-2/h8-9H,3-7H2,1-2H3. The molecule has 1 aliphatic rings. The van der Waals surface area contributed by atoms with Gasteiger partial charge in [-0.25, -0.2) is 0 Å². The van der Waals surface area contributed by atoms with Crippen LogP contribution in [-0.4, -0.2) is 17.8 Å². The normalized spacial score (nSPS) is 30.2. The summed E-state index contributed by atoms with van der Waals surface area (Å²) in [5.74, 6) is 2.36. The van der Waals surface area contributed by atoms with Gasteiger partial charge in [0.2, 0.25) is 0 Å². The Bertz CT molecular complexity index is 156. The van der Waals surface area contributed by atoms with Crippen LogP contribution in [-0.2, 0) is 4.79 Å². The molecule has 1 nitrogen and oxygen atoms in total. The molecule has 0 aromatic heterocycles. The smallest absolute Gasteiger partial charge is 0.145 e. The Hall–Kier alpha value is 0.0200. The van der Waals surface area contributed by atoms with Gasteiger partial charge in [-0.3, -0.25) is 4.79 Å². The maximum Gasteiger partial charge on any atom is 0.145 e. The molecule has 0 heterocycles. The number of hydrogen-bond acceptors (Lipinski definition) is 2. The number of carbonyl (C=O) groups excluding carboxylic acids is 1. The Labute approximate surface area is 79.3 Å². The third kappa shape index (κ3) is 2.81. The molecule has 0 aliphatic heterocycles. The molecule has 0 spiro atoms. The first-order valence-corrected chi connectivity index (χ1v) is 6.15. The van der Waals surface area contributed by atoms with Crippen molar-refractivity contribution in [1.82, 2.24) is 0 Å². The van der Waals surface area contributed by atoms with Gasteiger partial charge in [0.05, 0.1) is 5.75 Å². The third-order valence-electron chi connectivity index (χ3n) is 2.68. The Kier molecular flexibility index (Phi) is 4.13. The zero-order valence-corrected chi connectivity index (χ0v) is 8.82. The van der Waals surface area contributed by atoms with Crippen molar-refractivity contribution in [3.63, 3.8) is 0 Å².